The number of aryl methyl sites for hydroxylation is 1. The number of carbonyl (C=O) groups is 1. The SMILES string of the molecule is Cc1ccc(N(C)S(=O)O)cc1C(=O)O. The van der Waals surface area contributed by atoms with Crippen molar-refractivity contribution < 1.29 is 18.7 Å². The fourth-order valence-corrected chi connectivity index (χ4v) is 1.42. The van der Waals surface area contributed by atoms with Crippen LogP contribution in [0.5, 0.6) is 0 Å². The quantitative estimate of drug-likeness (QED) is 0.765. The first-order valence-electron chi connectivity index (χ1n) is 4.12. The molecule has 82 valence electrons. The number of carboxylic acid groups (broad SMARTS) is 1. The number of anilines is 1. The molecule has 0 spiro atoms. The first-order chi connectivity index (χ1) is 6.93. The van der Waals surface area contributed by atoms with E-state index in [0.717, 1.165) is 4.31 Å². The monoisotopic (exact) mass is 229 g/mol. The van der Waals surface area contributed by atoms with Crippen LogP contribution < -0.4 is 4.31 Å². The number of benzene rings is 1. The van der Waals surface area contributed by atoms with Crippen molar-refractivity contribution in [3.05, 3.63) is 29.3 Å². The van der Waals surface area contributed by atoms with Crippen molar-refractivity contribution in [3.63, 3.8) is 0 Å². The normalized spacial score (nSPS) is 12.2. The summed E-state index contributed by atoms with van der Waals surface area (Å²) in [5.74, 6) is -1.05. The van der Waals surface area contributed by atoms with Crippen LogP contribution >= 0.6 is 0 Å². The minimum Gasteiger partial charge on any atom is -0.478 e. The topological polar surface area (TPSA) is 77.8 Å². The van der Waals surface area contributed by atoms with E-state index in [4.69, 9.17) is 9.66 Å². The Bertz CT molecular complexity index is 419. The van der Waals surface area contributed by atoms with Gasteiger partial charge in [0.1, 0.15) is 0 Å². The Morgan fingerprint density at radius 1 is 1.47 bits per heavy atom. The lowest BCUT2D eigenvalue weighted by molar-refractivity contribution is 0.0696. The van der Waals surface area contributed by atoms with Gasteiger partial charge in [0, 0.05) is 7.05 Å². The predicted octanol–water partition coefficient (Wildman–Crippen LogP) is 1.27. The largest absolute Gasteiger partial charge is 0.478 e. The highest BCUT2D eigenvalue weighted by molar-refractivity contribution is 7.80. The van der Waals surface area contributed by atoms with Gasteiger partial charge in [0.25, 0.3) is 11.3 Å². The van der Waals surface area contributed by atoms with E-state index in [9.17, 15) is 9.00 Å². The average molecular weight is 229 g/mol. The molecule has 0 heterocycles. The Morgan fingerprint density at radius 2 is 2.07 bits per heavy atom. The predicted molar refractivity (Wildman–Crippen MR) is 57.3 cm³/mol. The van der Waals surface area contributed by atoms with E-state index in [2.05, 4.69) is 0 Å². The highest BCUT2D eigenvalue weighted by Crippen LogP contribution is 2.19. The van der Waals surface area contributed by atoms with Crippen molar-refractivity contribution in [3.8, 4) is 0 Å². The third-order valence-corrected chi connectivity index (χ3v) is 2.73. The second kappa shape index (κ2) is 4.41. The molecule has 0 saturated heterocycles. The zero-order chi connectivity index (χ0) is 11.6. The molecule has 0 bridgehead atoms. The van der Waals surface area contributed by atoms with E-state index >= 15 is 0 Å². The molecule has 1 rings (SSSR count). The van der Waals surface area contributed by atoms with Gasteiger partial charge in [-0.1, -0.05) is 6.07 Å². The van der Waals surface area contributed by atoms with Crippen LogP contribution in [0.2, 0.25) is 0 Å². The lowest BCUT2D eigenvalue weighted by Crippen LogP contribution is -2.19. The van der Waals surface area contributed by atoms with Crippen LogP contribution in [0.3, 0.4) is 0 Å². The molecule has 2 N–H and O–H groups in total. The number of rotatable bonds is 3. The molecule has 0 amide bonds. The molecule has 0 saturated carbocycles. The van der Waals surface area contributed by atoms with Gasteiger partial charge in [-0.15, -0.1) is 0 Å². The Hall–Kier alpha value is -1.40. The van der Waals surface area contributed by atoms with Gasteiger partial charge in [0.15, 0.2) is 0 Å². The average Bonchev–Trinajstić information content (AvgIpc) is 2.16. The van der Waals surface area contributed by atoms with Crippen LogP contribution in [0.4, 0.5) is 5.69 Å². The highest BCUT2D eigenvalue weighted by atomic mass is 32.2. The fraction of sp³-hybridized carbons (Fsp3) is 0.222. The molecule has 6 heteroatoms. The maximum absolute atomic E-state index is 10.8. The van der Waals surface area contributed by atoms with Gasteiger partial charge in [-0.3, -0.25) is 8.86 Å². The van der Waals surface area contributed by atoms with Crippen LogP contribution in [0, 0.1) is 6.92 Å². The molecule has 0 aliphatic carbocycles. The number of carboxylic acids is 1. The summed E-state index contributed by atoms with van der Waals surface area (Å²) in [6.45, 7) is 1.67. The van der Waals surface area contributed by atoms with E-state index in [1.54, 1.807) is 19.1 Å². The zero-order valence-corrected chi connectivity index (χ0v) is 9.11. The molecule has 0 radical (unpaired) electrons. The second-order valence-corrected chi connectivity index (χ2v) is 4.04. The summed E-state index contributed by atoms with van der Waals surface area (Å²) in [7, 11) is 1.41. The molecule has 1 atom stereocenters. The van der Waals surface area contributed by atoms with E-state index < -0.39 is 17.2 Å². The van der Waals surface area contributed by atoms with E-state index in [0.29, 0.717) is 11.3 Å². The first-order valence-corrected chi connectivity index (χ1v) is 5.18. The maximum Gasteiger partial charge on any atom is 0.336 e. The lowest BCUT2D eigenvalue weighted by Gasteiger charge is -2.14. The van der Waals surface area contributed by atoms with E-state index in [1.807, 2.05) is 0 Å². The van der Waals surface area contributed by atoms with Crippen molar-refractivity contribution in [1.82, 2.24) is 0 Å². The van der Waals surface area contributed by atoms with Crippen molar-refractivity contribution in [1.29, 1.82) is 0 Å². The minimum atomic E-state index is -2.15. The first kappa shape index (κ1) is 11.7. The van der Waals surface area contributed by atoms with Crippen molar-refractivity contribution >= 4 is 22.9 Å². The third kappa shape index (κ3) is 2.54. The Kier molecular flexibility index (Phi) is 3.43. The van der Waals surface area contributed by atoms with Crippen LogP contribution in [-0.4, -0.2) is 26.9 Å². The van der Waals surface area contributed by atoms with E-state index in [-0.39, 0.29) is 5.56 Å². The van der Waals surface area contributed by atoms with Gasteiger partial charge in [0.2, 0.25) is 0 Å². The van der Waals surface area contributed by atoms with Crippen molar-refractivity contribution in [2.24, 2.45) is 0 Å². The molecule has 0 aliphatic heterocycles. The second-order valence-electron chi connectivity index (χ2n) is 3.03. The van der Waals surface area contributed by atoms with E-state index in [1.165, 1.54) is 13.1 Å². The Balaban J connectivity index is 3.18. The molecule has 0 aliphatic rings. The number of aromatic carboxylic acids is 1. The molecule has 1 unspecified atom stereocenters. The van der Waals surface area contributed by atoms with Gasteiger partial charge >= 0.3 is 5.97 Å². The van der Waals surface area contributed by atoms with Gasteiger partial charge in [-0.05, 0) is 24.6 Å². The van der Waals surface area contributed by atoms with Crippen molar-refractivity contribution in [2.75, 3.05) is 11.4 Å². The summed E-state index contributed by atoms with van der Waals surface area (Å²) in [5.41, 5.74) is 1.13. The van der Waals surface area contributed by atoms with Crippen molar-refractivity contribution in [2.45, 2.75) is 6.92 Å². The van der Waals surface area contributed by atoms with Crippen LogP contribution in [0.1, 0.15) is 15.9 Å². The number of hydrogen-bond donors (Lipinski definition) is 2. The van der Waals surface area contributed by atoms with Gasteiger partial charge in [-0.25, -0.2) is 9.00 Å². The summed E-state index contributed by atoms with van der Waals surface area (Å²) in [5, 5.41) is 8.85. The molecule has 0 fully saturated rings. The molecule has 5 nitrogen and oxygen atoms in total. The van der Waals surface area contributed by atoms with Gasteiger partial charge in [-0.2, -0.15) is 0 Å². The van der Waals surface area contributed by atoms with Gasteiger partial charge in [0.05, 0.1) is 11.3 Å². The summed E-state index contributed by atoms with van der Waals surface area (Å²) < 4.78 is 20.7. The minimum absolute atomic E-state index is 0.129. The molecular weight excluding hydrogens is 218 g/mol. The van der Waals surface area contributed by atoms with Gasteiger partial charge < -0.3 is 5.11 Å². The van der Waals surface area contributed by atoms with Crippen LogP contribution in [0.15, 0.2) is 18.2 Å². The third-order valence-electron chi connectivity index (χ3n) is 2.05. The Morgan fingerprint density at radius 3 is 2.53 bits per heavy atom. The molecular formula is C9H11NO4S. The number of hydrogen-bond acceptors (Lipinski definition) is 2. The Labute approximate surface area is 89.8 Å². The number of nitrogens with zero attached hydrogens (tertiary/aromatic N) is 1. The lowest BCUT2D eigenvalue weighted by atomic mass is 10.1. The fourth-order valence-electron chi connectivity index (χ4n) is 1.13. The summed E-state index contributed by atoms with van der Waals surface area (Å²) in [4.78, 5) is 10.8. The highest BCUT2D eigenvalue weighted by Gasteiger charge is 2.12. The molecule has 1 aromatic carbocycles. The standard InChI is InChI=1S/C9H11NO4S/c1-6-3-4-7(10(2)15(13)14)5-8(6)9(11)12/h3-5H,1-2H3,(H,11,12)(H,13,14). The van der Waals surface area contributed by atoms with Crippen LogP contribution in [-0.2, 0) is 11.3 Å². The summed E-state index contributed by atoms with van der Waals surface area (Å²) >= 11 is -2.15. The molecule has 15 heavy (non-hydrogen) atoms. The maximum atomic E-state index is 10.8. The zero-order valence-electron chi connectivity index (χ0n) is 8.30. The molecule has 0 aromatic heterocycles. The molecule has 1 aromatic rings. The summed E-state index contributed by atoms with van der Waals surface area (Å²) in [6, 6.07) is 4.56. The van der Waals surface area contributed by atoms with Crippen LogP contribution in [0.25, 0.3) is 0 Å². The smallest absolute Gasteiger partial charge is 0.336 e. The summed E-state index contributed by atoms with van der Waals surface area (Å²) in [6.07, 6.45) is 0.